The molecule has 1 unspecified atom stereocenters. The Morgan fingerprint density at radius 2 is 2.46 bits per heavy atom. The van der Waals surface area contributed by atoms with Crippen LogP contribution in [0.1, 0.15) is 11.0 Å². The number of rotatable bonds is 3. The maximum Gasteiger partial charge on any atom is 0.125 e. The van der Waals surface area contributed by atoms with E-state index in [2.05, 4.69) is 0 Å². The monoisotopic (exact) mass is 201 g/mol. The molecule has 4 heteroatoms. The first-order chi connectivity index (χ1) is 6.25. The Bertz CT molecular complexity index is 259. The minimum atomic E-state index is -0.685. The van der Waals surface area contributed by atoms with Crippen LogP contribution < -0.4 is 0 Å². The quantitative estimate of drug-likeness (QED) is 0.799. The number of nitrogens with zero attached hydrogens (tertiary/aromatic N) is 1. The first-order valence-electron chi connectivity index (χ1n) is 4.33. The zero-order valence-electron chi connectivity index (χ0n) is 7.19. The summed E-state index contributed by atoms with van der Waals surface area (Å²) in [4.78, 5) is 2.89. The summed E-state index contributed by atoms with van der Waals surface area (Å²) in [6.45, 7) is 1.51. The Hall–Kier alpha value is -0.450. The van der Waals surface area contributed by atoms with E-state index in [-0.39, 0.29) is 0 Å². The number of aliphatic hydroxyl groups is 1. The number of likely N-dealkylation sites (tertiary alicyclic amines) is 1. The highest BCUT2D eigenvalue weighted by Crippen LogP contribution is 2.22. The van der Waals surface area contributed by atoms with Crippen molar-refractivity contribution in [2.75, 3.05) is 19.6 Å². The van der Waals surface area contributed by atoms with Crippen molar-refractivity contribution in [2.24, 2.45) is 0 Å². The lowest BCUT2D eigenvalue weighted by Gasteiger charge is -2.35. The van der Waals surface area contributed by atoms with Gasteiger partial charge in [-0.3, -0.25) is 4.90 Å². The van der Waals surface area contributed by atoms with Crippen molar-refractivity contribution in [1.82, 2.24) is 4.90 Å². The van der Waals surface area contributed by atoms with Gasteiger partial charge < -0.3 is 5.11 Å². The lowest BCUT2D eigenvalue weighted by molar-refractivity contribution is 0.0229. The molecular formula is C9H12FNOS. The molecule has 1 aliphatic rings. The largest absolute Gasteiger partial charge is 0.386 e. The maximum absolute atomic E-state index is 12.4. The molecule has 1 aromatic heterocycles. The van der Waals surface area contributed by atoms with Crippen LogP contribution in [-0.2, 0) is 0 Å². The molecule has 2 heterocycles. The number of thiophene rings is 1. The number of hydrogen-bond donors (Lipinski definition) is 1. The van der Waals surface area contributed by atoms with Gasteiger partial charge in [0.15, 0.2) is 0 Å². The highest BCUT2D eigenvalue weighted by Gasteiger charge is 2.28. The number of hydrogen-bond acceptors (Lipinski definition) is 3. The van der Waals surface area contributed by atoms with Gasteiger partial charge in [-0.1, -0.05) is 6.07 Å². The molecule has 0 amide bonds. The summed E-state index contributed by atoms with van der Waals surface area (Å²) >= 11 is 1.54. The van der Waals surface area contributed by atoms with Crippen LogP contribution >= 0.6 is 11.3 Å². The Kier molecular flexibility index (Phi) is 2.62. The van der Waals surface area contributed by atoms with E-state index in [1.807, 2.05) is 22.4 Å². The van der Waals surface area contributed by atoms with Crippen molar-refractivity contribution in [3.8, 4) is 0 Å². The summed E-state index contributed by atoms with van der Waals surface area (Å²) in [6, 6.07) is 3.82. The second-order valence-corrected chi connectivity index (χ2v) is 4.33. The zero-order chi connectivity index (χ0) is 9.26. The predicted molar refractivity (Wildman–Crippen MR) is 50.6 cm³/mol. The highest BCUT2D eigenvalue weighted by molar-refractivity contribution is 7.10. The molecule has 1 atom stereocenters. The van der Waals surface area contributed by atoms with Crippen molar-refractivity contribution < 1.29 is 9.50 Å². The topological polar surface area (TPSA) is 23.5 Å². The molecule has 1 aliphatic heterocycles. The lowest BCUT2D eigenvalue weighted by Crippen LogP contribution is -2.49. The summed E-state index contributed by atoms with van der Waals surface area (Å²) < 4.78 is 12.4. The molecule has 2 rings (SSSR count). The second kappa shape index (κ2) is 3.74. The van der Waals surface area contributed by atoms with E-state index >= 15 is 0 Å². The van der Waals surface area contributed by atoms with Gasteiger partial charge in [0.2, 0.25) is 0 Å². The van der Waals surface area contributed by atoms with Crippen LogP contribution in [0.3, 0.4) is 0 Å². The minimum Gasteiger partial charge on any atom is -0.386 e. The Balaban J connectivity index is 1.82. The fraction of sp³-hybridized carbons (Fsp3) is 0.556. The van der Waals surface area contributed by atoms with Gasteiger partial charge >= 0.3 is 0 Å². The Morgan fingerprint density at radius 3 is 3.00 bits per heavy atom. The van der Waals surface area contributed by atoms with Gasteiger partial charge in [0.25, 0.3) is 0 Å². The molecule has 0 bridgehead atoms. The van der Waals surface area contributed by atoms with Gasteiger partial charge in [-0.05, 0) is 11.4 Å². The third-order valence-electron chi connectivity index (χ3n) is 2.22. The molecule has 0 spiro atoms. The van der Waals surface area contributed by atoms with Gasteiger partial charge in [-0.2, -0.15) is 0 Å². The SMILES string of the molecule is OC(CN1CC(F)C1)c1cccs1. The van der Waals surface area contributed by atoms with Crippen LogP contribution in [0.4, 0.5) is 4.39 Å². The molecule has 1 fully saturated rings. The van der Waals surface area contributed by atoms with Crippen LogP contribution in [0.25, 0.3) is 0 Å². The molecular weight excluding hydrogens is 189 g/mol. The Morgan fingerprint density at radius 1 is 1.69 bits per heavy atom. The third-order valence-corrected chi connectivity index (χ3v) is 3.19. The van der Waals surface area contributed by atoms with E-state index in [1.165, 1.54) is 11.3 Å². The van der Waals surface area contributed by atoms with E-state index in [9.17, 15) is 9.50 Å². The van der Waals surface area contributed by atoms with Crippen LogP contribution in [0, 0.1) is 0 Å². The third kappa shape index (κ3) is 2.07. The smallest absolute Gasteiger partial charge is 0.125 e. The van der Waals surface area contributed by atoms with Crippen LogP contribution in [0.15, 0.2) is 17.5 Å². The van der Waals surface area contributed by atoms with Gasteiger partial charge in [-0.25, -0.2) is 4.39 Å². The van der Waals surface area contributed by atoms with E-state index in [0.717, 1.165) is 4.88 Å². The highest BCUT2D eigenvalue weighted by atomic mass is 32.1. The fourth-order valence-electron chi connectivity index (χ4n) is 1.47. The van der Waals surface area contributed by atoms with E-state index in [0.29, 0.717) is 19.6 Å². The normalized spacial score (nSPS) is 21.4. The molecule has 0 radical (unpaired) electrons. The summed E-state index contributed by atoms with van der Waals surface area (Å²) in [5, 5.41) is 11.6. The number of aliphatic hydroxyl groups excluding tert-OH is 1. The molecule has 1 N–H and O–H groups in total. The minimum absolute atomic E-state index is 0.451. The number of halogens is 1. The fourth-order valence-corrected chi connectivity index (χ4v) is 2.17. The van der Waals surface area contributed by atoms with E-state index in [4.69, 9.17) is 0 Å². The average molecular weight is 201 g/mol. The number of β-amino-alcohol motifs (C(OH)–C–C–N with tert-alkyl or cyclic N) is 1. The van der Waals surface area contributed by atoms with Crippen molar-refractivity contribution in [3.05, 3.63) is 22.4 Å². The summed E-state index contributed by atoms with van der Waals surface area (Å²) in [7, 11) is 0. The van der Waals surface area contributed by atoms with Crippen molar-refractivity contribution in [1.29, 1.82) is 0 Å². The molecule has 13 heavy (non-hydrogen) atoms. The summed E-state index contributed by atoms with van der Waals surface area (Å²) in [5.41, 5.74) is 0. The Labute approximate surface area is 80.6 Å². The lowest BCUT2D eigenvalue weighted by atomic mass is 10.1. The zero-order valence-corrected chi connectivity index (χ0v) is 8.01. The molecule has 2 nitrogen and oxygen atoms in total. The average Bonchev–Trinajstić information content (AvgIpc) is 2.53. The molecule has 72 valence electrons. The first kappa shape index (κ1) is 9.12. The van der Waals surface area contributed by atoms with Crippen molar-refractivity contribution >= 4 is 11.3 Å². The van der Waals surface area contributed by atoms with Crippen LogP contribution in [0.5, 0.6) is 0 Å². The maximum atomic E-state index is 12.4. The van der Waals surface area contributed by atoms with Crippen LogP contribution in [-0.4, -0.2) is 35.8 Å². The van der Waals surface area contributed by atoms with Crippen molar-refractivity contribution in [3.63, 3.8) is 0 Å². The van der Waals surface area contributed by atoms with Gasteiger partial charge in [0.1, 0.15) is 12.3 Å². The predicted octanol–water partition coefficient (Wildman–Crippen LogP) is 1.44. The molecule has 0 aromatic carbocycles. The van der Waals surface area contributed by atoms with Gasteiger partial charge in [0.05, 0.1) is 0 Å². The van der Waals surface area contributed by atoms with Gasteiger partial charge in [-0.15, -0.1) is 11.3 Å². The molecule has 0 saturated carbocycles. The second-order valence-electron chi connectivity index (χ2n) is 3.35. The molecule has 1 aromatic rings. The van der Waals surface area contributed by atoms with Gasteiger partial charge in [0, 0.05) is 24.5 Å². The molecule has 0 aliphatic carbocycles. The standard InChI is InChI=1S/C9H12FNOS/c10-7-4-11(5-7)6-8(12)9-2-1-3-13-9/h1-3,7-8,12H,4-6H2. The van der Waals surface area contributed by atoms with E-state index < -0.39 is 12.3 Å². The summed E-state index contributed by atoms with van der Waals surface area (Å²) in [5.74, 6) is 0. The van der Waals surface area contributed by atoms with E-state index in [1.54, 1.807) is 0 Å². The molecule has 1 saturated heterocycles. The summed E-state index contributed by atoms with van der Waals surface area (Å²) in [6.07, 6.45) is -1.14. The van der Waals surface area contributed by atoms with Crippen molar-refractivity contribution in [2.45, 2.75) is 12.3 Å². The number of alkyl halides is 1. The first-order valence-corrected chi connectivity index (χ1v) is 5.21. The van der Waals surface area contributed by atoms with Crippen LogP contribution in [0.2, 0.25) is 0 Å².